The Labute approximate surface area is 136 Å². The topological polar surface area (TPSA) is 38.8 Å². The van der Waals surface area contributed by atoms with Crippen molar-refractivity contribution in [2.24, 2.45) is 0 Å². The molecule has 1 atom stereocenters. The van der Waals surface area contributed by atoms with Gasteiger partial charge in [-0.1, -0.05) is 37.3 Å². The highest BCUT2D eigenvalue weighted by Gasteiger charge is 2.23. The number of amides is 1. The van der Waals surface area contributed by atoms with Crippen molar-refractivity contribution >= 4 is 5.91 Å². The molecule has 23 heavy (non-hydrogen) atoms. The van der Waals surface area contributed by atoms with Gasteiger partial charge < -0.3 is 14.4 Å². The third kappa shape index (κ3) is 3.31. The van der Waals surface area contributed by atoms with Crippen molar-refractivity contribution in [1.29, 1.82) is 0 Å². The molecule has 0 fully saturated rings. The van der Waals surface area contributed by atoms with Gasteiger partial charge in [-0.25, -0.2) is 0 Å². The lowest BCUT2D eigenvalue weighted by atomic mass is 10.1. The smallest absolute Gasteiger partial charge is 0.254 e. The lowest BCUT2D eigenvalue weighted by Crippen LogP contribution is -2.37. The van der Waals surface area contributed by atoms with Crippen molar-refractivity contribution in [3.63, 3.8) is 0 Å². The Morgan fingerprint density at radius 2 is 1.87 bits per heavy atom. The molecule has 0 saturated heterocycles. The third-order valence-corrected chi connectivity index (χ3v) is 4.20. The molecule has 3 rings (SSSR count). The molecule has 0 radical (unpaired) electrons. The summed E-state index contributed by atoms with van der Waals surface area (Å²) in [7, 11) is 0. The quantitative estimate of drug-likeness (QED) is 0.841. The van der Waals surface area contributed by atoms with Crippen LogP contribution in [0.3, 0.4) is 0 Å². The average molecular weight is 311 g/mol. The molecule has 0 saturated carbocycles. The number of carbonyl (C=O) groups is 1. The van der Waals surface area contributed by atoms with Crippen molar-refractivity contribution in [2.45, 2.75) is 32.9 Å². The summed E-state index contributed by atoms with van der Waals surface area (Å²) >= 11 is 0. The fraction of sp³-hybridized carbons (Fsp3) is 0.316. The van der Waals surface area contributed by atoms with E-state index < -0.39 is 0 Å². The number of carbonyl (C=O) groups excluding carboxylic acids is 1. The van der Waals surface area contributed by atoms with Crippen LogP contribution in [-0.2, 0) is 6.54 Å². The molecule has 0 bridgehead atoms. The van der Waals surface area contributed by atoms with E-state index in [0.29, 0.717) is 23.6 Å². The van der Waals surface area contributed by atoms with Crippen molar-refractivity contribution in [3.05, 3.63) is 59.7 Å². The Morgan fingerprint density at radius 1 is 1.13 bits per heavy atom. The molecule has 0 aromatic heterocycles. The molecule has 1 unspecified atom stereocenters. The van der Waals surface area contributed by atoms with Crippen molar-refractivity contribution in [3.8, 4) is 11.5 Å². The molecule has 1 aliphatic rings. The van der Waals surface area contributed by atoms with Gasteiger partial charge in [0.05, 0.1) is 0 Å². The Kier molecular flexibility index (Phi) is 4.51. The highest BCUT2D eigenvalue weighted by molar-refractivity contribution is 5.95. The van der Waals surface area contributed by atoms with E-state index in [9.17, 15) is 4.79 Å². The number of hydrogen-bond acceptors (Lipinski definition) is 3. The minimum atomic E-state index is 0.0153. The summed E-state index contributed by atoms with van der Waals surface area (Å²) in [6, 6.07) is 15.6. The number of fused-ring (bicyclic) bond motifs is 1. The Hall–Kier alpha value is -2.49. The maximum atomic E-state index is 13.0. The van der Waals surface area contributed by atoms with Crippen LogP contribution < -0.4 is 9.47 Å². The molecule has 4 nitrogen and oxygen atoms in total. The van der Waals surface area contributed by atoms with Gasteiger partial charge in [0.1, 0.15) is 0 Å². The maximum absolute atomic E-state index is 13.0. The number of nitrogens with zero attached hydrogens (tertiary/aromatic N) is 1. The second-order valence-electron chi connectivity index (χ2n) is 5.74. The number of rotatable bonds is 5. The van der Waals surface area contributed by atoms with E-state index in [-0.39, 0.29) is 18.7 Å². The molecule has 4 heteroatoms. The first-order valence-corrected chi connectivity index (χ1v) is 7.93. The SMILES string of the molecule is CCC(C)N(Cc1ccccc1)C(=O)c1ccc2c(c1)OCO2. The monoisotopic (exact) mass is 311 g/mol. The van der Waals surface area contributed by atoms with Crippen LogP contribution in [0.4, 0.5) is 0 Å². The van der Waals surface area contributed by atoms with E-state index in [2.05, 4.69) is 13.8 Å². The minimum absolute atomic E-state index is 0.0153. The van der Waals surface area contributed by atoms with E-state index in [1.54, 1.807) is 18.2 Å². The van der Waals surface area contributed by atoms with Gasteiger partial charge in [0, 0.05) is 18.2 Å². The lowest BCUT2D eigenvalue weighted by molar-refractivity contribution is 0.0671. The molecular formula is C19H21NO3. The van der Waals surface area contributed by atoms with Gasteiger partial charge in [-0.2, -0.15) is 0 Å². The second kappa shape index (κ2) is 6.73. The van der Waals surface area contributed by atoms with Gasteiger partial charge in [-0.15, -0.1) is 0 Å². The van der Waals surface area contributed by atoms with E-state index in [0.717, 1.165) is 12.0 Å². The molecule has 120 valence electrons. The van der Waals surface area contributed by atoms with Crippen LogP contribution in [0.1, 0.15) is 36.2 Å². The first-order valence-electron chi connectivity index (χ1n) is 7.93. The summed E-state index contributed by atoms with van der Waals surface area (Å²) in [6.45, 7) is 4.98. The number of ether oxygens (including phenoxy) is 2. The number of hydrogen-bond donors (Lipinski definition) is 0. The first kappa shape index (κ1) is 15.4. The third-order valence-electron chi connectivity index (χ3n) is 4.20. The van der Waals surface area contributed by atoms with Gasteiger partial charge in [0.2, 0.25) is 6.79 Å². The average Bonchev–Trinajstić information content (AvgIpc) is 3.07. The normalized spacial score (nSPS) is 13.7. The lowest BCUT2D eigenvalue weighted by Gasteiger charge is -2.29. The van der Waals surface area contributed by atoms with Gasteiger partial charge in [0.15, 0.2) is 11.5 Å². The molecule has 0 N–H and O–H groups in total. The summed E-state index contributed by atoms with van der Waals surface area (Å²) in [4.78, 5) is 14.9. The summed E-state index contributed by atoms with van der Waals surface area (Å²) in [5.74, 6) is 1.35. The molecule has 2 aromatic carbocycles. The Morgan fingerprint density at radius 3 is 2.61 bits per heavy atom. The standard InChI is InChI=1S/C19H21NO3/c1-3-14(2)20(12-15-7-5-4-6-8-15)19(21)16-9-10-17-18(11-16)23-13-22-17/h4-11,14H,3,12-13H2,1-2H3. The molecule has 0 spiro atoms. The van der Waals surface area contributed by atoms with Crippen LogP contribution in [0.15, 0.2) is 48.5 Å². The van der Waals surface area contributed by atoms with Crippen molar-refractivity contribution < 1.29 is 14.3 Å². The predicted octanol–water partition coefficient (Wildman–Crippen LogP) is 3.86. The van der Waals surface area contributed by atoms with Crippen LogP contribution in [0.25, 0.3) is 0 Å². The van der Waals surface area contributed by atoms with E-state index >= 15 is 0 Å². The predicted molar refractivity (Wildman–Crippen MR) is 88.6 cm³/mol. The van der Waals surface area contributed by atoms with E-state index in [1.165, 1.54) is 0 Å². The van der Waals surface area contributed by atoms with Gasteiger partial charge >= 0.3 is 0 Å². The fourth-order valence-corrected chi connectivity index (χ4v) is 2.62. The van der Waals surface area contributed by atoms with Crippen LogP contribution >= 0.6 is 0 Å². The summed E-state index contributed by atoms with van der Waals surface area (Å²) in [5.41, 5.74) is 1.76. The highest BCUT2D eigenvalue weighted by atomic mass is 16.7. The molecule has 0 aliphatic carbocycles. The van der Waals surface area contributed by atoms with E-state index in [4.69, 9.17) is 9.47 Å². The molecule has 1 amide bonds. The van der Waals surface area contributed by atoms with Crippen LogP contribution in [0.5, 0.6) is 11.5 Å². The number of benzene rings is 2. The Balaban J connectivity index is 1.85. The summed E-state index contributed by atoms with van der Waals surface area (Å²) < 4.78 is 10.7. The summed E-state index contributed by atoms with van der Waals surface area (Å²) in [5, 5.41) is 0. The van der Waals surface area contributed by atoms with Crippen LogP contribution in [0.2, 0.25) is 0 Å². The zero-order chi connectivity index (χ0) is 16.2. The van der Waals surface area contributed by atoms with E-state index in [1.807, 2.05) is 35.2 Å². The zero-order valence-corrected chi connectivity index (χ0v) is 13.5. The summed E-state index contributed by atoms with van der Waals surface area (Å²) in [6.07, 6.45) is 0.906. The fourth-order valence-electron chi connectivity index (χ4n) is 2.62. The zero-order valence-electron chi connectivity index (χ0n) is 13.5. The largest absolute Gasteiger partial charge is 0.454 e. The van der Waals surface area contributed by atoms with Crippen LogP contribution in [-0.4, -0.2) is 23.6 Å². The minimum Gasteiger partial charge on any atom is -0.454 e. The van der Waals surface area contributed by atoms with Gasteiger partial charge in [0.25, 0.3) is 5.91 Å². The molecule has 2 aromatic rings. The van der Waals surface area contributed by atoms with Crippen molar-refractivity contribution in [2.75, 3.05) is 6.79 Å². The second-order valence-corrected chi connectivity index (χ2v) is 5.74. The van der Waals surface area contributed by atoms with Crippen LogP contribution in [0, 0.1) is 0 Å². The van der Waals surface area contributed by atoms with Gasteiger partial charge in [-0.05, 0) is 37.1 Å². The molecule has 1 aliphatic heterocycles. The molecule has 1 heterocycles. The molecular weight excluding hydrogens is 290 g/mol. The highest BCUT2D eigenvalue weighted by Crippen LogP contribution is 2.33. The van der Waals surface area contributed by atoms with Crippen molar-refractivity contribution in [1.82, 2.24) is 4.90 Å². The first-order chi connectivity index (χ1) is 11.2. The Bertz CT molecular complexity index is 684. The van der Waals surface area contributed by atoms with Gasteiger partial charge in [-0.3, -0.25) is 4.79 Å². The maximum Gasteiger partial charge on any atom is 0.254 e.